The topological polar surface area (TPSA) is 114 Å². The van der Waals surface area contributed by atoms with Gasteiger partial charge in [-0.3, -0.25) is 9.59 Å². The van der Waals surface area contributed by atoms with Gasteiger partial charge in [-0.15, -0.1) is 0 Å². The van der Waals surface area contributed by atoms with E-state index in [2.05, 4.69) is 15.2 Å². The molecule has 2 amide bonds. The zero-order valence-corrected chi connectivity index (χ0v) is 16.8. The van der Waals surface area contributed by atoms with E-state index in [1.807, 2.05) is 4.90 Å². The molecule has 3 aliphatic rings. The average molecular weight is 405 g/mol. The number of carbonyl (C=O) groups is 2. The highest BCUT2D eigenvalue weighted by Crippen LogP contribution is 2.31. The smallest absolute Gasteiger partial charge is 0.273 e. The number of hydrogen-bond donors (Lipinski definition) is 2. The molecule has 1 unspecified atom stereocenters. The molecular formula is C20H31N5O4. The first-order valence-corrected chi connectivity index (χ1v) is 10.6. The van der Waals surface area contributed by atoms with Crippen LogP contribution in [-0.4, -0.2) is 78.6 Å². The van der Waals surface area contributed by atoms with Crippen molar-refractivity contribution in [2.45, 2.75) is 38.3 Å². The van der Waals surface area contributed by atoms with Gasteiger partial charge < -0.3 is 30.0 Å². The van der Waals surface area contributed by atoms with Crippen molar-refractivity contribution in [3.05, 3.63) is 17.8 Å². The predicted octanol–water partition coefficient (Wildman–Crippen LogP) is 0.213. The van der Waals surface area contributed by atoms with Gasteiger partial charge in [-0.2, -0.15) is 0 Å². The molecule has 3 N–H and O–H groups in total. The molecule has 2 aliphatic heterocycles. The summed E-state index contributed by atoms with van der Waals surface area (Å²) in [5.74, 6) is 1.51. The second-order valence-corrected chi connectivity index (χ2v) is 8.46. The molecule has 9 heteroatoms. The van der Waals surface area contributed by atoms with Gasteiger partial charge in [-0.05, 0) is 50.6 Å². The number of nitrogens with zero attached hydrogens (tertiary/aromatic N) is 3. The van der Waals surface area contributed by atoms with E-state index in [1.165, 1.54) is 25.6 Å². The molecule has 160 valence electrons. The van der Waals surface area contributed by atoms with Crippen LogP contribution in [0.3, 0.4) is 0 Å². The molecule has 9 nitrogen and oxygen atoms in total. The quantitative estimate of drug-likeness (QED) is 0.636. The number of aromatic nitrogens is 1. The fourth-order valence-corrected chi connectivity index (χ4v) is 4.12. The Hall–Kier alpha value is -1.97. The van der Waals surface area contributed by atoms with Crippen molar-refractivity contribution in [2.24, 2.45) is 17.6 Å². The maximum absolute atomic E-state index is 12.3. The van der Waals surface area contributed by atoms with Crippen LogP contribution in [0.5, 0.6) is 0 Å². The SMILES string of the molecule is NCc1nc(C(=O)NCC2CN(CC3CCN(CC4CC4)CC3)C(=O)CO2)co1. The molecule has 0 bridgehead atoms. The molecule has 29 heavy (non-hydrogen) atoms. The minimum absolute atomic E-state index is 0.0390. The zero-order valence-electron chi connectivity index (χ0n) is 16.8. The number of ether oxygens (including phenoxy) is 1. The molecule has 2 saturated heterocycles. The number of nitrogens with two attached hydrogens (primary N) is 1. The van der Waals surface area contributed by atoms with Gasteiger partial charge in [0, 0.05) is 26.2 Å². The van der Waals surface area contributed by atoms with Crippen LogP contribution in [0, 0.1) is 11.8 Å². The van der Waals surface area contributed by atoms with Crippen molar-refractivity contribution < 1.29 is 18.7 Å². The van der Waals surface area contributed by atoms with Crippen molar-refractivity contribution in [1.82, 2.24) is 20.1 Å². The lowest BCUT2D eigenvalue weighted by Gasteiger charge is -2.38. The lowest BCUT2D eigenvalue weighted by molar-refractivity contribution is -0.149. The number of rotatable bonds is 8. The number of piperidine rings is 1. The van der Waals surface area contributed by atoms with Crippen LogP contribution >= 0.6 is 0 Å². The van der Waals surface area contributed by atoms with Crippen LogP contribution < -0.4 is 11.1 Å². The Balaban J connectivity index is 1.20. The summed E-state index contributed by atoms with van der Waals surface area (Å²) in [7, 11) is 0. The summed E-state index contributed by atoms with van der Waals surface area (Å²) in [5.41, 5.74) is 5.64. The summed E-state index contributed by atoms with van der Waals surface area (Å²) < 4.78 is 10.7. The largest absolute Gasteiger partial charge is 0.447 e. The first-order chi connectivity index (χ1) is 14.1. The van der Waals surface area contributed by atoms with E-state index < -0.39 is 0 Å². The zero-order chi connectivity index (χ0) is 20.2. The Morgan fingerprint density at radius 1 is 1.21 bits per heavy atom. The first kappa shape index (κ1) is 20.3. The summed E-state index contributed by atoms with van der Waals surface area (Å²) in [5, 5.41) is 2.80. The average Bonchev–Trinajstić information content (AvgIpc) is 3.41. The molecule has 3 heterocycles. The third-order valence-corrected chi connectivity index (χ3v) is 6.07. The lowest BCUT2D eigenvalue weighted by atomic mass is 9.95. The summed E-state index contributed by atoms with van der Waals surface area (Å²) >= 11 is 0. The summed E-state index contributed by atoms with van der Waals surface area (Å²) in [6.45, 7) is 5.37. The minimum Gasteiger partial charge on any atom is -0.447 e. The van der Waals surface area contributed by atoms with E-state index >= 15 is 0 Å². The van der Waals surface area contributed by atoms with E-state index in [0.717, 1.165) is 38.4 Å². The monoisotopic (exact) mass is 405 g/mol. The van der Waals surface area contributed by atoms with Gasteiger partial charge in [-0.25, -0.2) is 4.98 Å². The van der Waals surface area contributed by atoms with Gasteiger partial charge >= 0.3 is 0 Å². The lowest BCUT2D eigenvalue weighted by Crippen LogP contribution is -2.52. The van der Waals surface area contributed by atoms with Crippen molar-refractivity contribution >= 4 is 11.8 Å². The number of nitrogens with one attached hydrogen (secondary N) is 1. The fourth-order valence-electron chi connectivity index (χ4n) is 4.12. The number of likely N-dealkylation sites (tertiary alicyclic amines) is 1. The molecule has 1 aliphatic carbocycles. The molecule has 0 radical (unpaired) electrons. The fraction of sp³-hybridized carbons (Fsp3) is 0.750. The third-order valence-electron chi connectivity index (χ3n) is 6.07. The van der Waals surface area contributed by atoms with Crippen LogP contribution in [0.1, 0.15) is 42.1 Å². The Bertz CT molecular complexity index is 711. The van der Waals surface area contributed by atoms with Crippen molar-refractivity contribution in [1.29, 1.82) is 0 Å². The van der Waals surface area contributed by atoms with Gasteiger partial charge in [0.05, 0.1) is 12.6 Å². The molecule has 1 aromatic heterocycles. The van der Waals surface area contributed by atoms with E-state index in [9.17, 15) is 9.59 Å². The Morgan fingerprint density at radius 2 is 1.97 bits per heavy atom. The molecule has 1 aromatic rings. The molecule has 1 atom stereocenters. The Kier molecular flexibility index (Phi) is 6.46. The predicted molar refractivity (Wildman–Crippen MR) is 105 cm³/mol. The summed E-state index contributed by atoms with van der Waals surface area (Å²) in [6.07, 6.45) is 6.16. The number of amides is 2. The normalized spacial score (nSPS) is 24.1. The van der Waals surface area contributed by atoms with E-state index in [1.54, 1.807) is 0 Å². The van der Waals surface area contributed by atoms with Crippen LogP contribution in [0.25, 0.3) is 0 Å². The van der Waals surface area contributed by atoms with Crippen molar-refractivity contribution in [3.63, 3.8) is 0 Å². The van der Waals surface area contributed by atoms with Gasteiger partial charge in [-0.1, -0.05) is 0 Å². The Labute approximate surface area is 170 Å². The van der Waals surface area contributed by atoms with Crippen molar-refractivity contribution in [3.8, 4) is 0 Å². The third kappa shape index (κ3) is 5.55. The molecule has 0 aromatic carbocycles. The Morgan fingerprint density at radius 3 is 2.66 bits per heavy atom. The molecule has 1 saturated carbocycles. The van der Waals surface area contributed by atoms with Crippen LogP contribution in [0.4, 0.5) is 0 Å². The standard InChI is InChI=1S/C20H31N5O4/c21-7-18-23-17(12-29-18)20(27)22-8-16-11-25(19(26)13-28-16)10-15-3-5-24(6-4-15)9-14-1-2-14/h12,14-16H,1-11,13,21H2,(H,22,27). The second kappa shape index (κ2) is 9.23. The maximum Gasteiger partial charge on any atom is 0.273 e. The highest BCUT2D eigenvalue weighted by atomic mass is 16.5. The number of carbonyl (C=O) groups excluding carboxylic acids is 2. The van der Waals surface area contributed by atoms with Crippen LogP contribution in [-0.2, 0) is 16.1 Å². The van der Waals surface area contributed by atoms with E-state index in [4.69, 9.17) is 14.9 Å². The van der Waals surface area contributed by atoms with Crippen LogP contribution in [0.2, 0.25) is 0 Å². The number of hydrogen-bond acceptors (Lipinski definition) is 7. The van der Waals surface area contributed by atoms with Crippen LogP contribution in [0.15, 0.2) is 10.7 Å². The first-order valence-electron chi connectivity index (χ1n) is 10.6. The highest BCUT2D eigenvalue weighted by molar-refractivity contribution is 5.91. The van der Waals surface area contributed by atoms with Gasteiger partial charge in [0.15, 0.2) is 5.69 Å². The number of oxazole rings is 1. The summed E-state index contributed by atoms with van der Waals surface area (Å²) in [6, 6.07) is 0. The van der Waals surface area contributed by atoms with E-state index in [0.29, 0.717) is 24.9 Å². The van der Waals surface area contributed by atoms with Crippen molar-refractivity contribution in [2.75, 3.05) is 45.9 Å². The second-order valence-electron chi connectivity index (χ2n) is 8.46. The molecule has 0 spiro atoms. The van der Waals surface area contributed by atoms with E-state index in [-0.39, 0.29) is 36.8 Å². The molecule has 3 fully saturated rings. The highest BCUT2D eigenvalue weighted by Gasteiger charge is 2.31. The molecular weight excluding hydrogens is 374 g/mol. The summed E-state index contributed by atoms with van der Waals surface area (Å²) in [4.78, 5) is 33.0. The maximum atomic E-state index is 12.3. The molecule has 4 rings (SSSR count). The van der Waals surface area contributed by atoms with Gasteiger partial charge in [0.1, 0.15) is 12.9 Å². The number of morpholine rings is 1. The minimum atomic E-state index is -0.330. The van der Waals surface area contributed by atoms with Gasteiger partial charge in [0.2, 0.25) is 11.8 Å². The van der Waals surface area contributed by atoms with Gasteiger partial charge in [0.25, 0.3) is 5.91 Å².